The van der Waals surface area contributed by atoms with Crippen molar-refractivity contribution in [2.45, 2.75) is 45.9 Å². The number of hydrogen-bond acceptors (Lipinski definition) is 3. The monoisotopic (exact) mass is 271 g/mol. The fourth-order valence-corrected chi connectivity index (χ4v) is 2.01. The van der Waals surface area contributed by atoms with E-state index >= 15 is 0 Å². The van der Waals surface area contributed by atoms with Gasteiger partial charge in [0.2, 0.25) is 0 Å². The van der Waals surface area contributed by atoms with Gasteiger partial charge in [-0.05, 0) is 45.0 Å². The zero-order chi connectivity index (χ0) is 13.7. The van der Waals surface area contributed by atoms with Gasteiger partial charge in [0.05, 0.1) is 17.2 Å². The molecule has 0 heterocycles. The number of aliphatic hydroxyl groups is 1. The molecule has 0 radical (unpaired) electrons. The number of benzene rings is 1. The highest BCUT2D eigenvalue weighted by Crippen LogP contribution is 2.29. The summed E-state index contributed by atoms with van der Waals surface area (Å²) in [7, 11) is 0. The molecule has 0 bridgehead atoms. The van der Waals surface area contributed by atoms with Gasteiger partial charge in [-0.1, -0.05) is 24.6 Å². The molecule has 1 aromatic carbocycles. The maximum Gasteiger partial charge on any atom is 0.138 e. The van der Waals surface area contributed by atoms with E-state index in [2.05, 4.69) is 5.32 Å². The van der Waals surface area contributed by atoms with Crippen molar-refractivity contribution in [3.63, 3.8) is 0 Å². The van der Waals surface area contributed by atoms with Crippen molar-refractivity contribution in [1.82, 2.24) is 5.32 Å². The summed E-state index contributed by atoms with van der Waals surface area (Å²) in [4.78, 5) is 0. The lowest BCUT2D eigenvalue weighted by Gasteiger charge is -2.21. The van der Waals surface area contributed by atoms with E-state index in [9.17, 15) is 5.11 Å². The van der Waals surface area contributed by atoms with Crippen LogP contribution in [0.5, 0.6) is 5.75 Å². The predicted octanol–water partition coefficient (Wildman–Crippen LogP) is 3.16. The highest BCUT2D eigenvalue weighted by molar-refractivity contribution is 6.32. The molecule has 0 fully saturated rings. The lowest BCUT2D eigenvalue weighted by Crippen LogP contribution is -2.31. The van der Waals surface area contributed by atoms with E-state index in [-0.39, 0.29) is 12.1 Å². The molecule has 2 unspecified atom stereocenters. The van der Waals surface area contributed by atoms with Gasteiger partial charge in [-0.2, -0.15) is 0 Å². The average molecular weight is 272 g/mol. The molecular formula is C14H22ClNO2. The van der Waals surface area contributed by atoms with E-state index in [0.29, 0.717) is 10.8 Å². The average Bonchev–Trinajstić information content (AvgIpc) is 2.30. The normalized spacial score (nSPS) is 14.6. The van der Waals surface area contributed by atoms with Crippen LogP contribution in [0.4, 0.5) is 0 Å². The van der Waals surface area contributed by atoms with Gasteiger partial charge >= 0.3 is 0 Å². The second kappa shape index (κ2) is 6.98. The largest absolute Gasteiger partial charge is 0.489 e. The number of hydrogen-bond donors (Lipinski definition) is 2. The minimum Gasteiger partial charge on any atom is -0.489 e. The number of rotatable bonds is 6. The Bertz CT molecular complexity index is 382. The van der Waals surface area contributed by atoms with Crippen molar-refractivity contribution in [3.05, 3.63) is 28.8 Å². The third kappa shape index (κ3) is 4.16. The molecule has 2 N–H and O–H groups in total. The predicted molar refractivity (Wildman–Crippen MR) is 75.3 cm³/mol. The van der Waals surface area contributed by atoms with Crippen LogP contribution in [-0.4, -0.2) is 23.8 Å². The maximum atomic E-state index is 10.2. The zero-order valence-corrected chi connectivity index (χ0v) is 12.2. The molecule has 1 rings (SSSR count). The second-order valence-corrected chi connectivity index (χ2v) is 5.05. The first-order valence-corrected chi connectivity index (χ1v) is 6.71. The Morgan fingerprint density at radius 1 is 1.33 bits per heavy atom. The van der Waals surface area contributed by atoms with Crippen molar-refractivity contribution >= 4 is 11.6 Å². The quantitative estimate of drug-likeness (QED) is 0.835. The molecule has 0 aromatic heterocycles. The summed E-state index contributed by atoms with van der Waals surface area (Å²) in [6, 6.07) is 5.40. The molecule has 102 valence electrons. The molecule has 0 spiro atoms. The van der Waals surface area contributed by atoms with Crippen LogP contribution < -0.4 is 10.1 Å². The smallest absolute Gasteiger partial charge is 0.138 e. The third-order valence-corrected chi connectivity index (χ3v) is 2.96. The van der Waals surface area contributed by atoms with Crippen LogP contribution in [-0.2, 0) is 0 Å². The highest BCUT2D eigenvalue weighted by atomic mass is 35.5. The number of aliphatic hydroxyl groups excluding tert-OH is 1. The van der Waals surface area contributed by atoms with Gasteiger partial charge in [0.1, 0.15) is 5.75 Å². The molecule has 0 amide bonds. The van der Waals surface area contributed by atoms with Crippen LogP contribution in [0.25, 0.3) is 0 Å². The van der Waals surface area contributed by atoms with Crippen LogP contribution in [0.2, 0.25) is 5.02 Å². The summed E-state index contributed by atoms with van der Waals surface area (Å²) >= 11 is 6.14. The van der Waals surface area contributed by atoms with E-state index in [1.165, 1.54) is 0 Å². The molecule has 0 saturated heterocycles. The van der Waals surface area contributed by atoms with E-state index < -0.39 is 6.10 Å². The lowest BCUT2D eigenvalue weighted by atomic mass is 10.0. The van der Waals surface area contributed by atoms with Gasteiger partial charge in [-0.25, -0.2) is 0 Å². The summed E-state index contributed by atoms with van der Waals surface area (Å²) in [5, 5.41) is 13.9. The van der Waals surface area contributed by atoms with Crippen LogP contribution >= 0.6 is 11.6 Å². The Morgan fingerprint density at radius 3 is 2.50 bits per heavy atom. The first kappa shape index (κ1) is 15.3. The first-order chi connectivity index (χ1) is 8.45. The first-order valence-electron chi connectivity index (χ1n) is 6.33. The van der Waals surface area contributed by atoms with Gasteiger partial charge in [0.25, 0.3) is 0 Å². The topological polar surface area (TPSA) is 41.5 Å². The van der Waals surface area contributed by atoms with Crippen LogP contribution in [0.3, 0.4) is 0 Å². The minimum absolute atomic E-state index is 0.0112. The van der Waals surface area contributed by atoms with E-state index in [1.54, 1.807) is 12.1 Å². The maximum absolute atomic E-state index is 10.2. The van der Waals surface area contributed by atoms with Gasteiger partial charge < -0.3 is 15.2 Å². The van der Waals surface area contributed by atoms with Crippen LogP contribution in [0, 0.1) is 0 Å². The van der Waals surface area contributed by atoms with Gasteiger partial charge in [-0.3, -0.25) is 0 Å². The van der Waals surface area contributed by atoms with E-state index in [1.807, 2.05) is 33.8 Å². The van der Waals surface area contributed by atoms with Crippen molar-refractivity contribution < 1.29 is 9.84 Å². The van der Waals surface area contributed by atoms with Crippen LogP contribution in [0.1, 0.15) is 39.4 Å². The molecule has 3 nitrogen and oxygen atoms in total. The fraction of sp³-hybridized carbons (Fsp3) is 0.571. The molecule has 0 aliphatic rings. The standard InChI is InChI=1S/C14H22ClNO2/c1-5-16-10(4)14(17)11-6-7-13(12(15)8-11)18-9(2)3/h6-10,14,16-17H,5H2,1-4H3. The lowest BCUT2D eigenvalue weighted by molar-refractivity contribution is 0.137. The van der Waals surface area contributed by atoms with Gasteiger partial charge in [0.15, 0.2) is 0 Å². The van der Waals surface area contributed by atoms with Gasteiger partial charge in [0, 0.05) is 6.04 Å². The molecular weight excluding hydrogens is 250 g/mol. The molecule has 0 saturated carbocycles. The summed E-state index contributed by atoms with van der Waals surface area (Å²) < 4.78 is 5.56. The summed E-state index contributed by atoms with van der Waals surface area (Å²) in [5.74, 6) is 0.652. The summed E-state index contributed by atoms with van der Waals surface area (Å²) in [6.45, 7) is 8.68. The Hall–Kier alpha value is -0.770. The molecule has 1 aromatic rings. The second-order valence-electron chi connectivity index (χ2n) is 4.65. The number of nitrogens with one attached hydrogen (secondary N) is 1. The van der Waals surface area contributed by atoms with Crippen molar-refractivity contribution in [2.75, 3.05) is 6.54 Å². The third-order valence-electron chi connectivity index (χ3n) is 2.66. The number of likely N-dealkylation sites (N-methyl/N-ethyl adjacent to an activating group) is 1. The number of ether oxygens (including phenoxy) is 1. The molecule has 18 heavy (non-hydrogen) atoms. The van der Waals surface area contributed by atoms with E-state index in [4.69, 9.17) is 16.3 Å². The van der Waals surface area contributed by atoms with Crippen molar-refractivity contribution in [2.24, 2.45) is 0 Å². The Labute approximate surface area is 114 Å². The Morgan fingerprint density at radius 2 is 2.00 bits per heavy atom. The molecule has 2 atom stereocenters. The molecule has 4 heteroatoms. The number of halogens is 1. The van der Waals surface area contributed by atoms with Gasteiger partial charge in [-0.15, -0.1) is 0 Å². The molecule has 0 aliphatic carbocycles. The Kier molecular flexibility index (Phi) is 5.93. The Balaban J connectivity index is 2.83. The van der Waals surface area contributed by atoms with Crippen LogP contribution in [0.15, 0.2) is 18.2 Å². The summed E-state index contributed by atoms with van der Waals surface area (Å²) in [5.41, 5.74) is 0.796. The van der Waals surface area contributed by atoms with E-state index in [0.717, 1.165) is 12.1 Å². The zero-order valence-electron chi connectivity index (χ0n) is 11.4. The van der Waals surface area contributed by atoms with Crippen molar-refractivity contribution in [3.8, 4) is 5.75 Å². The highest BCUT2D eigenvalue weighted by Gasteiger charge is 2.16. The molecule has 0 aliphatic heterocycles. The van der Waals surface area contributed by atoms with Crippen molar-refractivity contribution in [1.29, 1.82) is 0 Å². The fourth-order valence-electron chi connectivity index (χ4n) is 1.77. The summed E-state index contributed by atoms with van der Waals surface area (Å²) in [6.07, 6.45) is -0.491. The minimum atomic E-state index is -0.574. The SMILES string of the molecule is CCNC(C)C(O)c1ccc(OC(C)C)c(Cl)c1.